The van der Waals surface area contributed by atoms with Crippen LogP contribution in [0.2, 0.25) is 0 Å². The molecule has 0 aliphatic carbocycles. The van der Waals surface area contributed by atoms with Crippen LogP contribution >= 0.6 is 0 Å². The fourth-order valence-electron chi connectivity index (χ4n) is 1.02. The fraction of sp³-hybridized carbons (Fsp3) is 0.667. The summed E-state index contributed by atoms with van der Waals surface area (Å²) in [6.07, 6.45) is -1.35. The Bertz CT molecular complexity index is 271. The molecule has 0 rings (SSSR count). The van der Waals surface area contributed by atoms with E-state index in [1.54, 1.807) is 0 Å². The first-order valence-corrected chi connectivity index (χ1v) is 4.34. The molecule has 1 radical (unpaired) electrons. The van der Waals surface area contributed by atoms with Crippen molar-refractivity contribution >= 4 is 69.3 Å². The molecule has 0 heterocycles. The molecule has 0 aromatic rings. The van der Waals surface area contributed by atoms with Gasteiger partial charge in [-0.3, -0.25) is 9.59 Å². The molecule has 0 saturated carbocycles. The van der Waals surface area contributed by atoms with Crippen LogP contribution < -0.4 is 0 Å². The predicted octanol–water partition coefficient (Wildman–Crippen LogP) is -1.36. The van der Waals surface area contributed by atoms with Crippen molar-refractivity contribution in [2.75, 3.05) is 21.3 Å². The van der Waals surface area contributed by atoms with Crippen molar-refractivity contribution < 1.29 is 33.7 Å². The van der Waals surface area contributed by atoms with Crippen LogP contribution in [0, 0.1) is 0 Å². The molecule has 8 heteroatoms. The molecule has 0 aromatic carbocycles. The van der Waals surface area contributed by atoms with Gasteiger partial charge >= 0.3 is 17.9 Å². The van der Waals surface area contributed by atoms with E-state index in [-0.39, 0.29) is 51.4 Å². The summed E-state index contributed by atoms with van der Waals surface area (Å²) in [6, 6.07) is 0. The van der Waals surface area contributed by atoms with Gasteiger partial charge in [0.15, 0.2) is 5.60 Å². The maximum absolute atomic E-state index is 11.2. The zero-order valence-electron chi connectivity index (χ0n) is 10.3. The van der Waals surface area contributed by atoms with Gasteiger partial charge in [-0.15, -0.1) is 0 Å². The van der Waals surface area contributed by atoms with E-state index in [9.17, 15) is 19.5 Å². The molecule has 0 fully saturated rings. The Morgan fingerprint density at radius 2 is 1.29 bits per heavy atom. The van der Waals surface area contributed by atoms with E-state index in [1.807, 2.05) is 0 Å². The number of hydrogen-bond acceptors (Lipinski definition) is 7. The molecule has 0 amide bonds. The normalized spacial score (nSPS) is 9.88. The molecular formula is C9H14KO7. The smallest absolute Gasteiger partial charge is 0.339 e. The number of methoxy groups -OCH3 is 3. The molecule has 0 atom stereocenters. The van der Waals surface area contributed by atoms with Crippen LogP contribution in [0.1, 0.15) is 12.8 Å². The molecule has 0 spiro atoms. The van der Waals surface area contributed by atoms with Crippen molar-refractivity contribution in [2.45, 2.75) is 18.4 Å². The molecular weight excluding hydrogens is 259 g/mol. The number of carbonyl (C=O) groups is 3. The first-order valence-electron chi connectivity index (χ1n) is 4.34. The van der Waals surface area contributed by atoms with Gasteiger partial charge in [0.25, 0.3) is 0 Å². The summed E-state index contributed by atoms with van der Waals surface area (Å²) in [6.45, 7) is 0. The summed E-state index contributed by atoms with van der Waals surface area (Å²) in [7, 11) is 3.22. The van der Waals surface area contributed by atoms with Gasteiger partial charge in [0.1, 0.15) is 0 Å². The van der Waals surface area contributed by atoms with Crippen molar-refractivity contribution in [1.82, 2.24) is 0 Å². The topological polar surface area (TPSA) is 99.1 Å². The second kappa shape index (κ2) is 9.01. The third kappa shape index (κ3) is 6.48. The Morgan fingerprint density at radius 3 is 1.53 bits per heavy atom. The van der Waals surface area contributed by atoms with E-state index in [0.717, 1.165) is 21.3 Å². The Balaban J connectivity index is 0. The van der Waals surface area contributed by atoms with Gasteiger partial charge in [-0.05, 0) is 0 Å². The van der Waals surface area contributed by atoms with E-state index >= 15 is 0 Å². The minimum Gasteiger partial charge on any atom is -0.469 e. The van der Waals surface area contributed by atoms with Gasteiger partial charge in [-0.1, -0.05) is 0 Å². The maximum atomic E-state index is 11.2. The van der Waals surface area contributed by atoms with Gasteiger partial charge < -0.3 is 19.3 Å². The van der Waals surface area contributed by atoms with Crippen molar-refractivity contribution in [3.8, 4) is 0 Å². The minimum atomic E-state index is -2.26. The van der Waals surface area contributed by atoms with Crippen molar-refractivity contribution in [1.29, 1.82) is 0 Å². The number of aliphatic hydroxyl groups is 1. The largest absolute Gasteiger partial charge is 0.469 e. The van der Waals surface area contributed by atoms with Gasteiger partial charge in [0.2, 0.25) is 0 Å². The molecule has 0 saturated heterocycles. The molecule has 1 N–H and O–H groups in total. The van der Waals surface area contributed by atoms with E-state index in [0.29, 0.717) is 0 Å². The summed E-state index contributed by atoms with van der Waals surface area (Å²) in [5.74, 6) is -2.77. The first kappa shape index (κ1) is 19.3. The zero-order chi connectivity index (χ0) is 12.8. The van der Waals surface area contributed by atoms with E-state index in [4.69, 9.17) is 0 Å². The molecule has 17 heavy (non-hydrogen) atoms. The fourth-order valence-corrected chi connectivity index (χ4v) is 1.02. The summed E-state index contributed by atoms with van der Waals surface area (Å²) >= 11 is 0. The quantitative estimate of drug-likeness (QED) is 0.375. The number of carbonyl (C=O) groups excluding carboxylic acids is 3. The number of hydrogen-bond donors (Lipinski definition) is 1. The third-order valence-corrected chi connectivity index (χ3v) is 1.89. The van der Waals surface area contributed by atoms with E-state index in [2.05, 4.69) is 14.2 Å². The van der Waals surface area contributed by atoms with Crippen molar-refractivity contribution in [3.05, 3.63) is 0 Å². The maximum Gasteiger partial charge on any atom is 0.339 e. The van der Waals surface area contributed by atoms with Crippen LogP contribution in [-0.2, 0) is 28.6 Å². The molecule has 93 valence electrons. The van der Waals surface area contributed by atoms with Gasteiger partial charge in [-0.2, -0.15) is 0 Å². The summed E-state index contributed by atoms with van der Waals surface area (Å²) < 4.78 is 12.9. The van der Waals surface area contributed by atoms with Gasteiger partial charge in [0, 0.05) is 51.4 Å². The second-order valence-electron chi connectivity index (χ2n) is 3.03. The number of rotatable bonds is 5. The van der Waals surface area contributed by atoms with Crippen LogP contribution in [0.5, 0.6) is 0 Å². The van der Waals surface area contributed by atoms with Crippen LogP contribution in [0.3, 0.4) is 0 Å². The average molecular weight is 273 g/mol. The van der Waals surface area contributed by atoms with Crippen LogP contribution in [0.25, 0.3) is 0 Å². The Labute approximate surface area is 141 Å². The SMILES string of the molecule is COC(=O)CC(O)(CC(=O)OC)C(=O)OC.[K]. The Hall–Kier alpha value is 0.00636. The average Bonchev–Trinajstić information content (AvgIpc) is 2.27. The van der Waals surface area contributed by atoms with E-state index in [1.165, 1.54) is 0 Å². The van der Waals surface area contributed by atoms with E-state index < -0.39 is 36.4 Å². The van der Waals surface area contributed by atoms with Gasteiger partial charge in [-0.25, -0.2) is 4.79 Å². The standard InChI is InChI=1S/C9H14O7.K/c1-14-6(10)4-9(13,8(12)16-3)5-7(11)15-2;/h13H,4-5H2,1-3H3;. The zero-order valence-corrected chi connectivity index (χ0v) is 13.4. The Kier molecular flexibility index (Phi) is 10.2. The third-order valence-electron chi connectivity index (χ3n) is 1.89. The monoisotopic (exact) mass is 273 g/mol. The molecule has 0 bridgehead atoms. The van der Waals surface area contributed by atoms with Crippen molar-refractivity contribution in [2.24, 2.45) is 0 Å². The number of esters is 3. The molecule has 0 unspecified atom stereocenters. The Morgan fingerprint density at radius 1 is 0.941 bits per heavy atom. The second-order valence-corrected chi connectivity index (χ2v) is 3.03. The first-order chi connectivity index (χ1) is 7.39. The van der Waals surface area contributed by atoms with Crippen LogP contribution in [0.15, 0.2) is 0 Å². The summed E-state index contributed by atoms with van der Waals surface area (Å²) in [4.78, 5) is 33.2. The van der Waals surface area contributed by atoms with Crippen molar-refractivity contribution in [3.63, 3.8) is 0 Å². The van der Waals surface area contributed by atoms with Gasteiger partial charge in [0.05, 0.1) is 34.2 Å². The van der Waals surface area contributed by atoms with Crippen LogP contribution in [0.4, 0.5) is 0 Å². The minimum absolute atomic E-state index is 0. The molecule has 0 aromatic heterocycles. The summed E-state index contributed by atoms with van der Waals surface area (Å²) in [5, 5.41) is 9.81. The molecule has 7 nitrogen and oxygen atoms in total. The van der Waals surface area contributed by atoms with Crippen LogP contribution in [-0.4, -0.2) is 101 Å². The predicted molar refractivity (Wildman–Crippen MR) is 56.0 cm³/mol. The molecule has 0 aliphatic rings. The number of ether oxygens (including phenoxy) is 3. The molecule has 0 aliphatic heterocycles. The summed E-state index contributed by atoms with van der Waals surface area (Å²) in [5.41, 5.74) is -2.26.